The van der Waals surface area contributed by atoms with Crippen LogP contribution in [-0.4, -0.2) is 31.1 Å². The van der Waals surface area contributed by atoms with Crippen molar-refractivity contribution in [3.05, 3.63) is 53.9 Å². The summed E-state index contributed by atoms with van der Waals surface area (Å²) in [5, 5.41) is 11.5. The van der Waals surface area contributed by atoms with Crippen LogP contribution in [0.5, 0.6) is 0 Å². The number of thiophene rings is 1. The highest BCUT2D eigenvalue weighted by atomic mass is 32.2. The molecule has 130 valence electrons. The molecule has 0 unspecified atom stereocenters. The Labute approximate surface area is 149 Å². The summed E-state index contributed by atoms with van der Waals surface area (Å²) in [6.07, 6.45) is 0.00720. The molecule has 3 N–H and O–H groups in total. The summed E-state index contributed by atoms with van der Waals surface area (Å²) in [7, 11) is -3.60. The predicted octanol–water partition coefficient (Wildman–Crippen LogP) is 2.45. The quantitative estimate of drug-likeness (QED) is 0.589. The summed E-state index contributed by atoms with van der Waals surface area (Å²) < 4.78 is 26.5. The average Bonchev–Trinajstić information content (AvgIpc) is 3.27. The molecule has 0 atom stereocenters. The summed E-state index contributed by atoms with van der Waals surface area (Å²) in [5.74, 6) is 0.0827. The number of anilines is 1. The van der Waals surface area contributed by atoms with E-state index in [0.717, 1.165) is 10.6 Å². The Morgan fingerprint density at radius 3 is 2.68 bits per heavy atom. The number of nitrogens with zero attached hydrogens (tertiary/aromatic N) is 1. The minimum absolute atomic E-state index is 0.00522. The van der Waals surface area contributed by atoms with Gasteiger partial charge in [-0.15, -0.1) is 11.3 Å². The minimum atomic E-state index is -3.60. The molecule has 1 amide bonds. The Kier molecular flexibility index (Phi) is 5.27. The monoisotopic (exact) mass is 376 g/mol. The van der Waals surface area contributed by atoms with E-state index in [0.29, 0.717) is 5.82 Å². The van der Waals surface area contributed by atoms with E-state index in [-0.39, 0.29) is 23.8 Å². The van der Waals surface area contributed by atoms with Crippen LogP contribution in [0.25, 0.3) is 10.6 Å². The van der Waals surface area contributed by atoms with Gasteiger partial charge >= 0.3 is 0 Å². The number of hydrogen-bond donors (Lipinski definition) is 3. The second kappa shape index (κ2) is 7.60. The molecule has 3 rings (SSSR count). The average molecular weight is 376 g/mol. The second-order valence-electron chi connectivity index (χ2n) is 5.15. The number of aromatic amines is 1. The molecule has 0 saturated heterocycles. The van der Waals surface area contributed by atoms with Gasteiger partial charge in [0.05, 0.1) is 15.5 Å². The molecule has 0 saturated carbocycles. The smallest absolute Gasteiger partial charge is 0.240 e. The molecule has 2 aromatic heterocycles. The molecule has 3 aromatic rings. The summed E-state index contributed by atoms with van der Waals surface area (Å²) in [6.45, 7) is 0.00522. The number of carbonyl (C=O) groups is 1. The number of aromatic nitrogens is 2. The normalized spacial score (nSPS) is 11.4. The Morgan fingerprint density at radius 1 is 1.16 bits per heavy atom. The molecule has 0 aliphatic rings. The highest BCUT2D eigenvalue weighted by Gasteiger charge is 2.14. The number of nitrogens with one attached hydrogen (secondary N) is 3. The summed E-state index contributed by atoms with van der Waals surface area (Å²) in [4.78, 5) is 13.1. The van der Waals surface area contributed by atoms with Gasteiger partial charge < -0.3 is 5.32 Å². The van der Waals surface area contributed by atoms with E-state index in [1.54, 1.807) is 35.6 Å². The lowest BCUT2D eigenvalue weighted by Gasteiger charge is -2.06. The number of H-pyrrole nitrogens is 1. The van der Waals surface area contributed by atoms with E-state index in [9.17, 15) is 13.2 Å². The van der Waals surface area contributed by atoms with Crippen molar-refractivity contribution in [3.63, 3.8) is 0 Å². The molecule has 0 spiro atoms. The van der Waals surface area contributed by atoms with Gasteiger partial charge in [0.15, 0.2) is 5.82 Å². The molecule has 9 heteroatoms. The lowest BCUT2D eigenvalue weighted by molar-refractivity contribution is -0.116. The molecule has 7 nitrogen and oxygen atoms in total. The molecule has 25 heavy (non-hydrogen) atoms. The van der Waals surface area contributed by atoms with E-state index >= 15 is 0 Å². The van der Waals surface area contributed by atoms with Gasteiger partial charge in [-0.2, -0.15) is 5.10 Å². The molecule has 0 aliphatic carbocycles. The first kappa shape index (κ1) is 17.3. The van der Waals surface area contributed by atoms with E-state index in [2.05, 4.69) is 20.2 Å². The van der Waals surface area contributed by atoms with Gasteiger partial charge in [-0.05, 0) is 23.6 Å². The number of carbonyl (C=O) groups excluding carboxylic acids is 1. The number of rotatable bonds is 7. The zero-order chi connectivity index (χ0) is 17.7. The molecule has 1 aromatic carbocycles. The van der Waals surface area contributed by atoms with Crippen molar-refractivity contribution in [2.75, 3.05) is 11.9 Å². The Hall–Kier alpha value is -2.49. The third-order valence-electron chi connectivity index (χ3n) is 3.33. The van der Waals surface area contributed by atoms with Crippen LogP contribution in [0.4, 0.5) is 5.82 Å². The van der Waals surface area contributed by atoms with Crippen molar-refractivity contribution in [3.8, 4) is 10.6 Å². The topological polar surface area (TPSA) is 104 Å². The second-order valence-corrected chi connectivity index (χ2v) is 7.87. The van der Waals surface area contributed by atoms with Gasteiger partial charge in [-0.25, -0.2) is 13.1 Å². The first-order valence-electron chi connectivity index (χ1n) is 7.48. The summed E-state index contributed by atoms with van der Waals surface area (Å²) in [6, 6.07) is 13.6. The van der Waals surface area contributed by atoms with Crippen LogP contribution in [0.1, 0.15) is 6.42 Å². The first-order valence-corrected chi connectivity index (χ1v) is 9.85. The van der Waals surface area contributed by atoms with E-state index in [1.165, 1.54) is 12.1 Å². The molecule has 0 bridgehead atoms. The van der Waals surface area contributed by atoms with Crippen LogP contribution in [0.3, 0.4) is 0 Å². The Balaban J connectivity index is 1.50. The highest BCUT2D eigenvalue weighted by Crippen LogP contribution is 2.24. The van der Waals surface area contributed by atoms with Crippen LogP contribution in [-0.2, 0) is 14.8 Å². The number of benzene rings is 1. The van der Waals surface area contributed by atoms with Crippen LogP contribution < -0.4 is 10.0 Å². The SMILES string of the molecule is O=C(CCNS(=O)(=O)c1ccccc1)Nc1cc(-c2cccs2)[nH]n1. The van der Waals surface area contributed by atoms with Crippen molar-refractivity contribution < 1.29 is 13.2 Å². The van der Waals surface area contributed by atoms with Crippen LogP contribution in [0, 0.1) is 0 Å². The summed E-state index contributed by atoms with van der Waals surface area (Å²) >= 11 is 1.56. The Bertz CT molecular complexity index is 935. The number of hydrogen-bond acceptors (Lipinski definition) is 5. The van der Waals surface area contributed by atoms with Gasteiger partial charge in [0, 0.05) is 19.0 Å². The molecular weight excluding hydrogens is 360 g/mol. The zero-order valence-corrected chi connectivity index (χ0v) is 14.7. The lowest BCUT2D eigenvalue weighted by atomic mass is 10.3. The fourth-order valence-electron chi connectivity index (χ4n) is 2.13. The fourth-order valence-corrected chi connectivity index (χ4v) is 3.88. The molecule has 2 heterocycles. The van der Waals surface area contributed by atoms with Crippen molar-refractivity contribution in [1.82, 2.24) is 14.9 Å². The van der Waals surface area contributed by atoms with Crippen molar-refractivity contribution in [2.45, 2.75) is 11.3 Å². The van der Waals surface area contributed by atoms with Gasteiger partial charge in [0.25, 0.3) is 0 Å². The van der Waals surface area contributed by atoms with Crippen molar-refractivity contribution in [1.29, 1.82) is 0 Å². The number of amides is 1. The van der Waals surface area contributed by atoms with E-state index < -0.39 is 10.0 Å². The largest absolute Gasteiger partial charge is 0.309 e. The first-order chi connectivity index (χ1) is 12.0. The maximum Gasteiger partial charge on any atom is 0.240 e. The fraction of sp³-hybridized carbons (Fsp3) is 0.125. The zero-order valence-electron chi connectivity index (χ0n) is 13.1. The van der Waals surface area contributed by atoms with E-state index in [4.69, 9.17) is 0 Å². The molecule has 0 radical (unpaired) electrons. The van der Waals surface area contributed by atoms with Gasteiger partial charge in [-0.1, -0.05) is 24.3 Å². The van der Waals surface area contributed by atoms with Gasteiger partial charge in [-0.3, -0.25) is 9.89 Å². The predicted molar refractivity (Wildman–Crippen MR) is 96.8 cm³/mol. The molecule has 0 aliphatic heterocycles. The van der Waals surface area contributed by atoms with Crippen LogP contribution in [0.2, 0.25) is 0 Å². The van der Waals surface area contributed by atoms with Crippen LogP contribution >= 0.6 is 11.3 Å². The lowest BCUT2D eigenvalue weighted by Crippen LogP contribution is -2.27. The highest BCUT2D eigenvalue weighted by molar-refractivity contribution is 7.89. The maximum absolute atomic E-state index is 12.0. The maximum atomic E-state index is 12.0. The number of sulfonamides is 1. The summed E-state index contributed by atoms with van der Waals surface area (Å²) in [5.41, 5.74) is 0.815. The Morgan fingerprint density at radius 2 is 1.96 bits per heavy atom. The minimum Gasteiger partial charge on any atom is -0.309 e. The molecule has 0 fully saturated rings. The van der Waals surface area contributed by atoms with Gasteiger partial charge in [0.1, 0.15) is 0 Å². The standard InChI is InChI=1S/C16H16N4O3S2/c21-16(8-9-17-25(22,23)12-5-2-1-3-6-12)18-15-11-13(19-20-15)14-7-4-10-24-14/h1-7,10-11,17H,8-9H2,(H2,18,19,20,21). The molecular formula is C16H16N4O3S2. The third kappa shape index (κ3) is 4.53. The third-order valence-corrected chi connectivity index (χ3v) is 5.71. The van der Waals surface area contributed by atoms with Crippen LogP contribution in [0.15, 0.2) is 58.8 Å². The van der Waals surface area contributed by atoms with Crippen molar-refractivity contribution >= 4 is 33.1 Å². The van der Waals surface area contributed by atoms with E-state index in [1.807, 2.05) is 17.5 Å². The van der Waals surface area contributed by atoms with Crippen molar-refractivity contribution in [2.24, 2.45) is 0 Å². The van der Waals surface area contributed by atoms with Gasteiger partial charge in [0.2, 0.25) is 15.9 Å².